The minimum absolute atomic E-state index is 0.203. The fraction of sp³-hybridized carbons (Fsp3) is 0.227. The Morgan fingerprint density at radius 2 is 1.46 bits per heavy atom. The number of ketones is 2. The largest absolute Gasteiger partial charge is 0.437 e. The van der Waals surface area contributed by atoms with Crippen LogP contribution in [-0.2, 0) is 0 Å². The minimum atomic E-state index is -0.203. The molecule has 2 aromatic rings. The van der Waals surface area contributed by atoms with Gasteiger partial charge in [0.1, 0.15) is 0 Å². The standard InChI is InChI=1S/C22H23NO3/c1-14(2)10-19(24)17-12-16(5)13-18(20(25)11-15(3)4)22(17)26-21-8-6-7-9-23-21/h6-13H,1-5H3. The number of carbonyl (C=O) groups is 2. The van der Waals surface area contributed by atoms with Crippen molar-refractivity contribution in [2.45, 2.75) is 34.6 Å². The first-order valence-corrected chi connectivity index (χ1v) is 8.40. The zero-order valence-corrected chi connectivity index (χ0v) is 15.8. The third-order valence-electron chi connectivity index (χ3n) is 3.45. The molecule has 0 radical (unpaired) electrons. The molecule has 0 bridgehead atoms. The van der Waals surface area contributed by atoms with Gasteiger partial charge in [0, 0.05) is 12.3 Å². The van der Waals surface area contributed by atoms with E-state index in [0.717, 1.165) is 16.7 Å². The lowest BCUT2D eigenvalue weighted by atomic mass is 9.97. The number of nitrogens with zero attached hydrogens (tertiary/aromatic N) is 1. The van der Waals surface area contributed by atoms with E-state index < -0.39 is 0 Å². The molecule has 134 valence electrons. The summed E-state index contributed by atoms with van der Waals surface area (Å²) in [5, 5.41) is 0. The van der Waals surface area contributed by atoms with E-state index in [1.54, 1.807) is 36.5 Å². The average molecular weight is 349 g/mol. The second-order valence-corrected chi connectivity index (χ2v) is 6.63. The van der Waals surface area contributed by atoms with Crippen LogP contribution in [-0.4, -0.2) is 16.6 Å². The third-order valence-corrected chi connectivity index (χ3v) is 3.45. The number of carbonyl (C=O) groups excluding carboxylic acids is 2. The molecular formula is C22H23NO3. The molecule has 26 heavy (non-hydrogen) atoms. The van der Waals surface area contributed by atoms with Crippen LogP contribution in [0.5, 0.6) is 11.6 Å². The van der Waals surface area contributed by atoms with Crippen molar-refractivity contribution in [2.24, 2.45) is 0 Å². The summed E-state index contributed by atoms with van der Waals surface area (Å²) in [6, 6.07) is 8.71. The first-order valence-electron chi connectivity index (χ1n) is 8.40. The summed E-state index contributed by atoms with van der Waals surface area (Å²) >= 11 is 0. The Kier molecular flexibility index (Phi) is 6.23. The normalized spacial score (nSPS) is 10.0. The fourth-order valence-electron chi connectivity index (χ4n) is 2.44. The van der Waals surface area contributed by atoms with Gasteiger partial charge in [0.2, 0.25) is 5.88 Å². The van der Waals surface area contributed by atoms with Gasteiger partial charge >= 0.3 is 0 Å². The van der Waals surface area contributed by atoms with Gasteiger partial charge in [-0.15, -0.1) is 0 Å². The van der Waals surface area contributed by atoms with Gasteiger partial charge in [-0.2, -0.15) is 0 Å². The predicted molar refractivity (Wildman–Crippen MR) is 103 cm³/mol. The average Bonchev–Trinajstić information content (AvgIpc) is 2.55. The van der Waals surface area contributed by atoms with Crippen LogP contribution in [0.15, 0.2) is 59.8 Å². The van der Waals surface area contributed by atoms with Crippen LogP contribution in [0.2, 0.25) is 0 Å². The lowest BCUT2D eigenvalue weighted by molar-refractivity contribution is 0.104. The van der Waals surface area contributed by atoms with E-state index >= 15 is 0 Å². The topological polar surface area (TPSA) is 56.3 Å². The Morgan fingerprint density at radius 3 is 1.88 bits per heavy atom. The van der Waals surface area contributed by atoms with E-state index in [0.29, 0.717) is 17.0 Å². The molecular weight excluding hydrogens is 326 g/mol. The number of benzene rings is 1. The van der Waals surface area contributed by atoms with Gasteiger partial charge in [-0.05, 0) is 70.5 Å². The van der Waals surface area contributed by atoms with Crippen molar-refractivity contribution in [3.63, 3.8) is 0 Å². The van der Waals surface area contributed by atoms with Crippen molar-refractivity contribution in [1.29, 1.82) is 0 Å². The SMILES string of the molecule is CC(C)=CC(=O)c1cc(C)cc(C(=O)C=C(C)C)c1Oc1ccccn1. The van der Waals surface area contributed by atoms with E-state index in [9.17, 15) is 9.59 Å². The quantitative estimate of drug-likeness (QED) is 0.512. The lowest BCUT2D eigenvalue weighted by Gasteiger charge is -2.14. The minimum Gasteiger partial charge on any atom is -0.437 e. The third kappa shape index (κ3) is 4.99. The summed E-state index contributed by atoms with van der Waals surface area (Å²) in [7, 11) is 0. The highest BCUT2D eigenvalue weighted by molar-refractivity contribution is 6.13. The Morgan fingerprint density at radius 1 is 0.923 bits per heavy atom. The summed E-state index contributed by atoms with van der Waals surface area (Å²) in [5.74, 6) is 0.157. The molecule has 0 aliphatic rings. The maximum atomic E-state index is 12.7. The highest BCUT2D eigenvalue weighted by Crippen LogP contribution is 2.31. The highest BCUT2D eigenvalue weighted by Gasteiger charge is 2.21. The molecule has 0 N–H and O–H groups in total. The molecule has 1 heterocycles. The molecule has 0 aliphatic heterocycles. The van der Waals surface area contributed by atoms with Crippen LogP contribution in [0, 0.1) is 6.92 Å². The van der Waals surface area contributed by atoms with E-state index in [1.165, 1.54) is 12.2 Å². The number of allylic oxidation sites excluding steroid dienone is 4. The maximum absolute atomic E-state index is 12.7. The molecule has 0 fully saturated rings. The molecule has 0 atom stereocenters. The van der Waals surface area contributed by atoms with Crippen molar-refractivity contribution in [1.82, 2.24) is 4.98 Å². The summed E-state index contributed by atoms with van der Waals surface area (Å²) in [6.07, 6.45) is 4.67. The van der Waals surface area contributed by atoms with E-state index in [-0.39, 0.29) is 17.3 Å². The summed E-state index contributed by atoms with van der Waals surface area (Å²) < 4.78 is 5.89. The Hall–Kier alpha value is -3.01. The summed E-state index contributed by atoms with van der Waals surface area (Å²) in [6.45, 7) is 9.25. The van der Waals surface area contributed by atoms with Crippen molar-refractivity contribution in [3.8, 4) is 11.6 Å². The van der Waals surface area contributed by atoms with Crippen LogP contribution < -0.4 is 4.74 Å². The van der Waals surface area contributed by atoms with Crippen LogP contribution >= 0.6 is 0 Å². The molecule has 0 spiro atoms. The van der Waals surface area contributed by atoms with Crippen LogP contribution in [0.3, 0.4) is 0 Å². The van der Waals surface area contributed by atoms with Gasteiger partial charge in [0.15, 0.2) is 17.3 Å². The number of ether oxygens (including phenoxy) is 1. The van der Waals surface area contributed by atoms with Gasteiger partial charge in [-0.3, -0.25) is 9.59 Å². The number of rotatable bonds is 6. The number of pyridine rings is 1. The van der Waals surface area contributed by atoms with Crippen molar-refractivity contribution >= 4 is 11.6 Å². The van der Waals surface area contributed by atoms with E-state index in [2.05, 4.69) is 4.98 Å². The monoisotopic (exact) mass is 349 g/mol. The van der Waals surface area contributed by atoms with E-state index in [4.69, 9.17) is 4.74 Å². The molecule has 0 amide bonds. The summed E-state index contributed by atoms with van der Waals surface area (Å²) in [5.41, 5.74) is 3.26. The van der Waals surface area contributed by atoms with Gasteiger partial charge in [0.25, 0.3) is 0 Å². The number of hydrogen-bond donors (Lipinski definition) is 0. The van der Waals surface area contributed by atoms with Crippen LogP contribution in [0.1, 0.15) is 54.0 Å². The molecule has 4 heteroatoms. The van der Waals surface area contributed by atoms with Crippen LogP contribution in [0.4, 0.5) is 0 Å². The van der Waals surface area contributed by atoms with Crippen molar-refractivity contribution in [2.75, 3.05) is 0 Å². The lowest BCUT2D eigenvalue weighted by Crippen LogP contribution is -2.07. The number of aromatic nitrogens is 1. The first-order chi connectivity index (χ1) is 12.3. The van der Waals surface area contributed by atoms with E-state index in [1.807, 2.05) is 34.6 Å². The second-order valence-electron chi connectivity index (χ2n) is 6.63. The molecule has 0 saturated heterocycles. The molecule has 2 rings (SSSR count). The highest BCUT2D eigenvalue weighted by atomic mass is 16.5. The predicted octanol–water partition coefficient (Wildman–Crippen LogP) is 5.48. The Labute approximate surface area is 154 Å². The fourth-order valence-corrected chi connectivity index (χ4v) is 2.44. The molecule has 0 saturated carbocycles. The number of hydrogen-bond acceptors (Lipinski definition) is 4. The Balaban J connectivity index is 2.68. The first kappa shape index (κ1) is 19.3. The molecule has 1 aromatic carbocycles. The van der Waals surface area contributed by atoms with Crippen LogP contribution in [0.25, 0.3) is 0 Å². The second kappa shape index (κ2) is 8.39. The van der Waals surface area contributed by atoms with Crippen molar-refractivity contribution in [3.05, 3.63) is 76.5 Å². The van der Waals surface area contributed by atoms with Gasteiger partial charge in [-0.1, -0.05) is 17.2 Å². The van der Waals surface area contributed by atoms with Gasteiger partial charge in [0.05, 0.1) is 11.1 Å². The maximum Gasteiger partial charge on any atom is 0.219 e. The van der Waals surface area contributed by atoms with Gasteiger partial charge in [-0.25, -0.2) is 4.98 Å². The van der Waals surface area contributed by atoms with Crippen molar-refractivity contribution < 1.29 is 14.3 Å². The molecule has 4 nitrogen and oxygen atoms in total. The Bertz CT molecular complexity index is 834. The molecule has 0 aliphatic carbocycles. The molecule has 1 aromatic heterocycles. The molecule has 0 unspecified atom stereocenters. The zero-order valence-electron chi connectivity index (χ0n) is 15.8. The smallest absolute Gasteiger partial charge is 0.219 e. The zero-order chi connectivity index (χ0) is 19.3. The van der Waals surface area contributed by atoms with Gasteiger partial charge < -0.3 is 4.74 Å². The number of aryl methyl sites for hydroxylation is 1. The summed E-state index contributed by atoms with van der Waals surface area (Å²) in [4.78, 5) is 29.6.